The Kier molecular flexibility index (Phi) is 7.97. The van der Waals surface area contributed by atoms with Crippen LogP contribution in [-0.4, -0.2) is 18.2 Å². The van der Waals surface area contributed by atoms with Crippen LogP contribution in [0.1, 0.15) is 22.3 Å². The molecule has 0 saturated heterocycles. The summed E-state index contributed by atoms with van der Waals surface area (Å²) in [5.41, 5.74) is 3.14. The number of rotatable bonds is 8. The Labute approximate surface area is 206 Å². The average Bonchev–Trinajstić information content (AvgIpc) is 2.78. The maximum atomic E-state index is 12.9. The molecule has 3 rings (SSSR count). The van der Waals surface area contributed by atoms with E-state index < -0.39 is 22.4 Å². The number of anilines is 1. The van der Waals surface area contributed by atoms with Gasteiger partial charge in [-0.25, -0.2) is 0 Å². The normalized spacial score (nSPS) is 11.5. The van der Waals surface area contributed by atoms with Gasteiger partial charge >= 0.3 is 6.18 Å². The Morgan fingerprint density at radius 3 is 2.47 bits per heavy atom. The van der Waals surface area contributed by atoms with Gasteiger partial charge in [-0.2, -0.15) is 18.3 Å². The van der Waals surface area contributed by atoms with Gasteiger partial charge < -0.3 is 9.47 Å². The number of ether oxygens (including phenoxy) is 2. The second-order valence-electron chi connectivity index (χ2n) is 7.17. The Balaban J connectivity index is 1.77. The molecule has 0 aromatic heterocycles. The van der Waals surface area contributed by atoms with Crippen molar-refractivity contribution in [2.24, 2.45) is 5.10 Å². The number of hydrazone groups is 1. The molecule has 7 nitrogen and oxygen atoms in total. The Morgan fingerprint density at radius 1 is 1.15 bits per heavy atom. The largest absolute Gasteiger partial charge is 0.493 e. The van der Waals surface area contributed by atoms with Crippen molar-refractivity contribution in [3.8, 4) is 11.5 Å². The number of hydrogen-bond donors (Lipinski definition) is 1. The van der Waals surface area contributed by atoms with Crippen molar-refractivity contribution in [1.82, 2.24) is 0 Å². The Morgan fingerprint density at radius 2 is 1.85 bits per heavy atom. The number of nitro benzene ring substituents is 1. The predicted octanol–water partition coefficient (Wildman–Crippen LogP) is 6.56. The van der Waals surface area contributed by atoms with Crippen molar-refractivity contribution < 1.29 is 27.6 Å². The van der Waals surface area contributed by atoms with Crippen LogP contribution in [0.5, 0.6) is 11.5 Å². The summed E-state index contributed by atoms with van der Waals surface area (Å²) >= 11 is 2.09. The molecule has 11 heteroatoms. The van der Waals surface area contributed by atoms with Crippen molar-refractivity contribution in [2.45, 2.75) is 19.7 Å². The monoisotopic (exact) mass is 585 g/mol. The zero-order chi connectivity index (χ0) is 24.9. The van der Waals surface area contributed by atoms with Gasteiger partial charge in [-0.15, -0.1) is 0 Å². The standard InChI is InChI=1S/C23H19F3IN3O4/c1-14-3-5-15(6-4-14)13-34-22-18(27)9-16(10-21(22)33-2)12-28-29-19-8-7-17(23(24,25)26)11-20(19)30(31)32/h3-12,29H,13H2,1-2H3/b28-12-. The third kappa shape index (κ3) is 6.37. The molecule has 0 fully saturated rings. The summed E-state index contributed by atoms with van der Waals surface area (Å²) < 4.78 is 50.7. The van der Waals surface area contributed by atoms with Gasteiger partial charge in [-0.1, -0.05) is 29.8 Å². The highest BCUT2D eigenvalue weighted by Crippen LogP contribution is 2.36. The highest BCUT2D eigenvalue weighted by Gasteiger charge is 2.33. The van der Waals surface area contributed by atoms with Crippen LogP contribution in [0.2, 0.25) is 0 Å². The first-order chi connectivity index (χ1) is 16.1. The minimum absolute atomic E-state index is 0.172. The van der Waals surface area contributed by atoms with Crippen molar-refractivity contribution in [3.05, 3.63) is 90.5 Å². The highest BCUT2D eigenvalue weighted by molar-refractivity contribution is 14.1. The van der Waals surface area contributed by atoms with Crippen LogP contribution >= 0.6 is 22.6 Å². The van der Waals surface area contributed by atoms with Gasteiger partial charge in [-0.05, 0) is 64.9 Å². The van der Waals surface area contributed by atoms with Crippen LogP contribution in [0.4, 0.5) is 24.5 Å². The van der Waals surface area contributed by atoms with E-state index in [0.29, 0.717) is 29.7 Å². The van der Waals surface area contributed by atoms with E-state index in [2.05, 4.69) is 33.1 Å². The van der Waals surface area contributed by atoms with E-state index in [1.54, 1.807) is 12.1 Å². The van der Waals surface area contributed by atoms with Crippen LogP contribution in [0.25, 0.3) is 0 Å². The molecule has 0 heterocycles. The molecule has 0 atom stereocenters. The van der Waals surface area contributed by atoms with Crippen LogP contribution < -0.4 is 14.9 Å². The van der Waals surface area contributed by atoms with Crippen LogP contribution in [-0.2, 0) is 12.8 Å². The number of hydrogen-bond acceptors (Lipinski definition) is 6. The molecule has 34 heavy (non-hydrogen) atoms. The van der Waals surface area contributed by atoms with Gasteiger partial charge in [0.1, 0.15) is 12.3 Å². The lowest BCUT2D eigenvalue weighted by Crippen LogP contribution is -2.06. The molecule has 0 radical (unpaired) electrons. The second-order valence-corrected chi connectivity index (χ2v) is 8.33. The molecule has 0 aliphatic heterocycles. The smallest absolute Gasteiger partial charge is 0.416 e. The lowest BCUT2D eigenvalue weighted by atomic mass is 10.1. The molecule has 0 aliphatic rings. The first-order valence-corrected chi connectivity index (χ1v) is 10.9. The summed E-state index contributed by atoms with van der Waals surface area (Å²) in [4.78, 5) is 10.3. The zero-order valence-corrected chi connectivity index (χ0v) is 20.2. The molecule has 3 aromatic rings. The number of benzene rings is 3. The number of methoxy groups -OCH3 is 1. The van der Waals surface area contributed by atoms with Crippen LogP contribution in [0.15, 0.2) is 59.7 Å². The summed E-state index contributed by atoms with van der Waals surface area (Å²) in [6.45, 7) is 2.35. The molecular weight excluding hydrogens is 566 g/mol. The molecule has 0 amide bonds. The van der Waals surface area contributed by atoms with Gasteiger partial charge in [-0.3, -0.25) is 15.5 Å². The summed E-state index contributed by atoms with van der Waals surface area (Å²) in [5.74, 6) is 1.01. The van der Waals surface area contributed by atoms with Crippen molar-refractivity contribution in [3.63, 3.8) is 0 Å². The van der Waals surface area contributed by atoms with E-state index in [9.17, 15) is 23.3 Å². The second kappa shape index (κ2) is 10.7. The lowest BCUT2D eigenvalue weighted by molar-refractivity contribution is -0.384. The van der Waals surface area contributed by atoms with Crippen molar-refractivity contribution in [1.29, 1.82) is 0 Å². The first-order valence-electron chi connectivity index (χ1n) is 9.79. The number of alkyl halides is 3. The van der Waals surface area contributed by atoms with Gasteiger partial charge in [0.05, 0.1) is 27.4 Å². The topological polar surface area (TPSA) is 86.0 Å². The van der Waals surface area contributed by atoms with Gasteiger partial charge in [0, 0.05) is 6.07 Å². The zero-order valence-electron chi connectivity index (χ0n) is 18.0. The highest BCUT2D eigenvalue weighted by atomic mass is 127. The van der Waals surface area contributed by atoms with Crippen molar-refractivity contribution >= 4 is 40.2 Å². The minimum atomic E-state index is -4.69. The average molecular weight is 585 g/mol. The third-order valence-electron chi connectivity index (χ3n) is 4.68. The molecular formula is C23H19F3IN3O4. The number of halogens is 4. The maximum absolute atomic E-state index is 12.9. The van der Waals surface area contributed by atoms with Gasteiger partial charge in [0.25, 0.3) is 5.69 Å². The molecule has 0 spiro atoms. The van der Waals surface area contributed by atoms with E-state index in [-0.39, 0.29) is 5.69 Å². The summed E-state index contributed by atoms with van der Waals surface area (Å²) in [5, 5.41) is 15.1. The Hall–Kier alpha value is -3.35. The van der Waals surface area contributed by atoms with Gasteiger partial charge in [0.2, 0.25) is 0 Å². The summed E-state index contributed by atoms with van der Waals surface area (Å²) in [6, 6.07) is 13.5. The number of aryl methyl sites for hydroxylation is 1. The number of nitrogens with one attached hydrogen (secondary N) is 1. The molecule has 0 bridgehead atoms. The van der Waals surface area contributed by atoms with E-state index in [1.807, 2.05) is 31.2 Å². The predicted molar refractivity (Wildman–Crippen MR) is 131 cm³/mol. The Bertz CT molecular complexity index is 1220. The number of nitrogens with zero attached hydrogens (tertiary/aromatic N) is 2. The molecule has 0 saturated carbocycles. The number of nitro groups is 1. The van der Waals surface area contributed by atoms with Crippen LogP contribution in [0.3, 0.4) is 0 Å². The fourth-order valence-electron chi connectivity index (χ4n) is 2.92. The van der Waals surface area contributed by atoms with E-state index in [4.69, 9.17) is 9.47 Å². The maximum Gasteiger partial charge on any atom is 0.416 e. The molecule has 0 unspecified atom stereocenters. The fraction of sp³-hybridized carbons (Fsp3) is 0.174. The summed E-state index contributed by atoms with van der Waals surface area (Å²) in [6.07, 6.45) is -3.32. The van der Waals surface area contributed by atoms with E-state index >= 15 is 0 Å². The molecule has 0 aliphatic carbocycles. The quantitative estimate of drug-likeness (QED) is 0.140. The van der Waals surface area contributed by atoms with E-state index in [0.717, 1.165) is 26.8 Å². The van der Waals surface area contributed by atoms with E-state index in [1.165, 1.54) is 13.3 Å². The lowest BCUT2D eigenvalue weighted by Gasteiger charge is -2.14. The third-order valence-corrected chi connectivity index (χ3v) is 5.48. The molecule has 3 aromatic carbocycles. The molecule has 1 N–H and O–H groups in total. The fourth-order valence-corrected chi connectivity index (χ4v) is 3.71. The summed E-state index contributed by atoms with van der Waals surface area (Å²) in [7, 11) is 1.49. The SMILES string of the molecule is COc1cc(/C=N\Nc2ccc(C(F)(F)F)cc2[N+](=O)[O-])cc(I)c1OCc1ccc(C)cc1. The first kappa shape index (κ1) is 25.3. The van der Waals surface area contributed by atoms with Crippen molar-refractivity contribution in [2.75, 3.05) is 12.5 Å². The minimum Gasteiger partial charge on any atom is -0.493 e. The van der Waals surface area contributed by atoms with Crippen LogP contribution in [0, 0.1) is 20.6 Å². The van der Waals surface area contributed by atoms with Gasteiger partial charge in [0.15, 0.2) is 11.5 Å². The molecule has 178 valence electrons.